The average Bonchev–Trinajstić information content (AvgIpc) is 3.22. The first-order chi connectivity index (χ1) is 11.2. The Labute approximate surface area is 137 Å². The van der Waals surface area contributed by atoms with E-state index in [1.54, 1.807) is 44.9 Å². The summed E-state index contributed by atoms with van der Waals surface area (Å²) in [7, 11) is 3.17. The van der Waals surface area contributed by atoms with Gasteiger partial charge in [-0.2, -0.15) is 14.9 Å². The Bertz CT molecular complexity index is 881. The summed E-state index contributed by atoms with van der Waals surface area (Å²) >= 11 is 5.23. The van der Waals surface area contributed by atoms with Gasteiger partial charge in [-0.3, -0.25) is 0 Å². The van der Waals surface area contributed by atoms with Crippen LogP contribution in [0.3, 0.4) is 0 Å². The normalized spacial score (nSPS) is 11.0. The Morgan fingerprint density at radius 3 is 2.87 bits per heavy atom. The maximum absolute atomic E-state index is 5.41. The van der Waals surface area contributed by atoms with Crippen molar-refractivity contribution in [2.75, 3.05) is 14.2 Å². The highest BCUT2D eigenvalue weighted by molar-refractivity contribution is 7.71. The minimum absolute atomic E-state index is 0.362. The second-order valence-electron chi connectivity index (χ2n) is 4.49. The van der Waals surface area contributed by atoms with Gasteiger partial charge in [0.1, 0.15) is 17.3 Å². The molecule has 0 amide bonds. The van der Waals surface area contributed by atoms with E-state index < -0.39 is 0 Å². The van der Waals surface area contributed by atoms with Crippen molar-refractivity contribution in [2.45, 2.75) is 0 Å². The van der Waals surface area contributed by atoms with Crippen molar-refractivity contribution in [3.05, 3.63) is 47.1 Å². The summed E-state index contributed by atoms with van der Waals surface area (Å²) in [4.78, 5) is 0. The van der Waals surface area contributed by atoms with Gasteiger partial charge in [-0.15, -0.1) is 0 Å². The quantitative estimate of drug-likeness (QED) is 0.574. The summed E-state index contributed by atoms with van der Waals surface area (Å²) in [6.07, 6.45) is 3.13. The van der Waals surface area contributed by atoms with E-state index in [0.29, 0.717) is 27.9 Å². The van der Waals surface area contributed by atoms with Gasteiger partial charge in [-0.05, 0) is 36.5 Å². The highest BCUT2D eigenvalue weighted by Gasteiger charge is 2.14. The summed E-state index contributed by atoms with van der Waals surface area (Å²) in [6, 6.07) is 9.00. The van der Waals surface area contributed by atoms with Gasteiger partial charge in [0.2, 0.25) is 4.77 Å². The van der Waals surface area contributed by atoms with Crippen molar-refractivity contribution in [2.24, 2.45) is 5.10 Å². The summed E-state index contributed by atoms with van der Waals surface area (Å²) in [5, 5.41) is 11.3. The van der Waals surface area contributed by atoms with Gasteiger partial charge in [0.05, 0.1) is 32.3 Å². The molecule has 8 heteroatoms. The van der Waals surface area contributed by atoms with Crippen LogP contribution in [0.2, 0.25) is 0 Å². The molecule has 0 unspecified atom stereocenters. The number of benzene rings is 1. The summed E-state index contributed by atoms with van der Waals surface area (Å²) in [5.74, 6) is 2.43. The molecule has 0 aliphatic rings. The molecular formula is C15H14N4O3S. The standard InChI is InChI=1S/C15H14N4O3S/c1-20-10-5-6-12(13(8-10)21-2)14-17-18-15(23)19(14)16-9-11-4-3-7-22-11/h3-9H,1-2H3,(H,18,23)/b16-9-. The van der Waals surface area contributed by atoms with E-state index >= 15 is 0 Å². The molecule has 1 N–H and O–H groups in total. The van der Waals surface area contributed by atoms with Crippen molar-refractivity contribution in [1.82, 2.24) is 14.9 Å². The zero-order chi connectivity index (χ0) is 16.2. The van der Waals surface area contributed by atoms with Crippen molar-refractivity contribution < 1.29 is 13.9 Å². The zero-order valence-electron chi connectivity index (χ0n) is 12.5. The van der Waals surface area contributed by atoms with Crippen molar-refractivity contribution in [3.63, 3.8) is 0 Å². The van der Waals surface area contributed by atoms with Crippen LogP contribution >= 0.6 is 12.2 Å². The van der Waals surface area contributed by atoms with Gasteiger partial charge >= 0.3 is 0 Å². The molecule has 3 aromatic rings. The molecule has 0 atom stereocenters. The summed E-state index contributed by atoms with van der Waals surface area (Å²) < 4.78 is 17.7. The lowest BCUT2D eigenvalue weighted by Crippen LogP contribution is -1.97. The number of H-pyrrole nitrogens is 1. The fourth-order valence-corrected chi connectivity index (χ4v) is 2.21. The number of hydrogen-bond acceptors (Lipinski definition) is 6. The molecule has 0 radical (unpaired) electrons. The van der Waals surface area contributed by atoms with Gasteiger partial charge in [0, 0.05) is 6.07 Å². The second-order valence-corrected chi connectivity index (χ2v) is 4.88. The van der Waals surface area contributed by atoms with Crippen molar-refractivity contribution >= 4 is 18.4 Å². The first-order valence-electron chi connectivity index (χ1n) is 6.70. The van der Waals surface area contributed by atoms with E-state index in [4.69, 9.17) is 26.1 Å². The molecule has 0 spiro atoms. The minimum atomic E-state index is 0.362. The largest absolute Gasteiger partial charge is 0.497 e. The Morgan fingerprint density at radius 2 is 2.17 bits per heavy atom. The van der Waals surface area contributed by atoms with Crippen molar-refractivity contribution in [1.29, 1.82) is 0 Å². The van der Waals surface area contributed by atoms with E-state index in [9.17, 15) is 0 Å². The number of nitrogens with one attached hydrogen (secondary N) is 1. The third-order valence-electron chi connectivity index (χ3n) is 3.14. The van der Waals surface area contributed by atoms with Crippen LogP contribution in [-0.4, -0.2) is 35.3 Å². The van der Waals surface area contributed by atoms with E-state index in [0.717, 1.165) is 5.56 Å². The Hall–Kier alpha value is -2.87. The highest BCUT2D eigenvalue weighted by Crippen LogP contribution is 2.32. The molecule has 0 saturated heterocycles. The fraction of sp³-hybridized carbons (Fsp3) is 0.133. The molecular weight excluding hydrogens is 316 g/mol. The van der Waals surface area contributed by atoms with Crippen LogP contribution in [0.1, 0.15) is 5.76 Å². The number of furan rings is 1. The number of rotatable bonds is 5. The maximum atomic E-state index is 5.41. The molecule has 2 aromatic heterocycles. The topological polar surface area (TPSA) is 77.6 Å². The van der Waals surface area contributed by atoms with Gasteiger partial charge in [-0.1, -0.05) is 0 Å². The molecule has 7 nitrogen and oxygen atoms in total. The number of aromatic amines is 1. The molecule has 0 bridgehead atoms. The monoisotopic (exact) mass is 330 g/mol. The maximum Gasteiger partial charge on any atom is 0.216 e. The summed E-state index contributed by atoms with van der Waals surface area (Å²) in [6.45, 7) is 0. The smallest absolute Gasteiger partial charge is 0.216 e. The molecule has 118 valence electrons. The molecule has 3 rings (SSSR count). The number of ether oxygens (including phenoxy) is 2. The average molecular weight is 330 g/mol. The number of nitrogens with zero attached hydrogens (tertiary/aromatic N) is 3. The van der Waals surface area contributed by atoms with Gasteiger partial charge in [-0.25, -0.2) is 5.10 Å². The van der Waals surface area contributed by atoms with E-state index in [1.165, 1.54) is 4.68 Å². The number of hydrogen-bond donors (Lipinski definition) is 1. The Balaban J connectivity index is 2.06. The molecule has 0 aliphatic carbocycles. The van der Waals surface area contributed by atoms with Crippen LogP contribution in [0.4, 0.5) is 0 Å². The van der Waals surface area contributed by atoms with Crippen LogP contribution in [0.15, 0.2) is 46.1 Å². The predicted molar refractivity (Wildman–Crippen MR) is 87.7 cm³/mol. The van der Waals surface area contributed by atoms with E-state index in [2.05, 4.69) is 15.3 Å². The minimum Gasteiger partial charge on any atom is -0.497 e. The first kappa shape index (κ1) is 15.0. The van der Waals surface area contributed by atoms with Crippen LogP contribution in [0.5, 0.6) is 11.5 Å². The van der Waals surface area contributed by atoms with Crippen LogP contribution in [0, 0.1) is 4.77 Å². The lowest BCUT2D eigenvalue weighted by molar-refractivity contribution is 0.395. The van der Waals surface area contributed by atoms with Crippen LogP contribution < -0.4 is 9.47 Å². The molecule has 1 aromatic carbocycles. The molecule has 0 fully saturated rings. The number of methoxy groups -OCH3 is 2. The molecule has 0 aliphatic heterocycles. The predicted octanol–water partition coefficient (Wildman–Crippen LogP) is 3.10. The van der Waals surface area contributed by atoms with E-state index in [-0.39, 0.29) is 0 Å². The molecule has 23 heavy (non-hydrogen) atoms. The Morgan fingerprint density at radius 1 is 1.30 bits per heavy atom. The lowest BCUT2D eigenvalue weighted by atomic mass is 10.2. The third kappa shape index (κ3) is 3.02. The van der Waals surface area contributed by atoms with E-state index in [1.807, 2.05) is 12.1 Å². The van der Waals surface area contributed by atoms with Gasteiger partial charge in [0.25, 0.3) is 0 Å². The second kappa shape index (κ2) is 6.49. The van der Waals surface area contributed by atoms with Crippen molar-refractivity contribution in [3.8, 4) is 22.9 Å². The third-order valence-corrected chi connectivity index (χ3v) is 3.41. The highest BCUT2D eigenvalue weighted by atomic mass is 32.1. The fourth-order valence-electron chi connectivity index (χ4n) is 2.04. The lowest BCUT2D eigenvalue weighted by Gasteiger charge is -2.09. The summed E-state index contributed by atoms with van der Waals surface area (Å²) in [5.41, 5.74) is 0.734. The van der Waals surface area contributed by atoms with Crippen LogP contribution in [-0.2, 0) is 0 Å². The van der Waals surface area contributed by atoms with Gasteiger partial charge < -0.3 is 13.9 Å². The Kier molecular flexibility index (Phi) is 4.24. The SMILES string of the molecule is COc1ccc(-c2n[nH]c(=S)n2/N=C\c2ccco2)c(OC)c1. The zero-order valence-corrected chi connectivity index (χ0v) is 13.3. The molecule has 0 saturated carbocycles. The van der Waals surface area contributed by atoms with Crippen LogP contribution in [0.25, 0.3) is 11.4 Å². The first-order valence-corrected chi connectivity index (χ1v) is 7.11. The molecule has 2 heterocycles. The van der Waals surface area contributed by atoms with Gasteiger partial charge in [0.15, 0.2) is 5.82 Å². The number of aromatic nitrogens is 3.